The van der Waals surface area contributed by atoms with E-state index in [9.17, 15) is 8.78 Å². The number of nitrogens with zero attached hydrogens (tertiary/aromatic N) is 2. The average Bonchev–Trinajstić information content (AvgIpc) is 2.71. The van der Waals surface area contributed by atoms with E-state index in [1.807, 2.05) is 0 Å². The Labute approximate surface area is 107 Å². The van der Waals surface area contributed by atoms with Crippen LogP contribution in [0.1, 0.15) is 51.4 Å². The van der Waals surface area contributed by atoms with Gasteiger partial charge in [-0.05, 0) is 25.2 Å². The van der Waals surface area contributed by atoms with Crippen molar-refractivity contribution in [2.24, 2.45) is 5.92 Å². The maximum Gasteiger partial charge on any atom is 0.319 e. The molecule has 1 aromatic heterocycles. The van der Waals surface area contributed by atoms with Crippen LogP contribution in [-0.2, 0) is 6.54 Å². The molecule has 1 heterocycles. The number of hydrogen-bond donors (Lipinski definition) is 1. The van der Waals surface area contributed by atoms with Crippen LogP contribution >= 0.6 is 0 Å². The van der Waals surface area contributed by atoms with Crippen LogP contribution in [0.5, 0.6) is 0 Å². The fraction of sp³-hybridized carbons (Fsp3) is 0.769. The van der Waals surface area contributed by atoms with Gasteiger partial charge in [0.05, 0.1) is 6.54 Å². The Morgan fingerprint density at radius 1 is 1.39 bits per heavy atom. The van der Waals surface area contributed by atoms with E-state index in [0.717, 1.165) is 23.3 Å². The normalized spacial score (nSPS) is 25.3. The zero-order valence-electron chi connectivity index (χ0n) is 10.8. The molecule has 18 heavy (non-hydrogen) atoms. The first kappa shape index (κ1) is 13.5. The van der Waals surface area contributed by atoms with Gasteiger partial charge < -0.3 is 5.32 Å². The molecule has 0 aromatic carbocycles. The fourth-order valence-corrected chi connectivity index (χ4v) is 2.59. The largest absolute Gasteiger partial charge is 0.319 e. The number of rotatable bonds is 4. The Morgan fingerprint density at radius 2 is 2.22 bits per heavy atom. The maximum atomic E-state index is 12.6. The highest BCUT2D eigenvalue weighted by molar-refractivity contribution is 4.93. The van der Waals surface area contributed by atoms with Crippen molar-refractivity contribution < 1.29 is 8.78 Å². The van der Waals surface area contributed by atoms with E-state index in [0.29, 0.717) is 18.4 Å². The van der Waals surface area contributed by atoms with E-state index in [1.165, 1.54) is 31.7 Å². The van der Waals surface area contributed by atoms with Crippen LogP contribution < -0.4 is 5.32 Å². The van der Waals surface area contributed by atoms with Gasteiger partial charge in [-0.25, -0.2) is 4.98 Å². The van der Waals surface area contributed by atoms with E-state index in [1.54, 1.807) is 0 Å². The second-order valence-electron chi connectivity index (χ2n) is 5.22. The van der Waals surface area contributed by atoms with Gasteiger partial charge in [0, 0.05) is 18.4 Å². The molecule has 0 bridgehead atoms. The summed E-state index contributed by atoms with van der Waals surface area (Å²) in [7, 11) is 0. The van der Waals surface area contributed by atoms with Crippen molar-refractivity contribution in [1.29, 1.82) is 0 Å². The molecule has 1 aliphatic rings. The van der Waals surface area contributed by atoms with Crippen LogP contribution in [0.2, 0.25) is 0 Å². The number of nitrogens with one attached hydrogen (secondary N) is 1. The topological polar surface area (TPSA) is 29.9 Å². The van der Waals surface area contributed by atoms with Crippen molar-refractivity contribution in [3.8, 4) is 0 Å². The summed E-state index contributed by atoms with van der Waals surface area (Å²) >= 11 is 0. The minimum absolute atomic E-state index is 0.419. The first-order valence-electron chi connectivity index (χ1n) is 6.70. The average molecular weight is 257 g/mol. The van der Waals surface area contributed by atoms with Crippen molar-refractivity contribution in [2.45, 2.75) is 58.2 Å². The Hall–Kier alpha value is -0.970. The zero-order chi connectivity index (χ0) is 13.0. The SMILES string of the molecule is CC1CCCC(NCc2nccn2C(F)F)CC1. The molecule has 0 aliphatic heterocycles. The summed E-state index contributed by atoms with van der Waals surface area (Å²) in [5.41, 5.74) is 0. The molecule has 2 rings (SSSR count). The predicted molar refractivity (Wildman–Crippen MR) is 66.4 cm³/mol. The van der Waals surface area contributed by atoms with Crippen LogP contribution in [0.25, 0.3) is 0 Å². The molecular formula is C13H21F2N3. The van der Waals surface area contributed by atoms with Gasteiger partial charge in [0.2, 0.25) is 0 Å². The number of aromatic nitrogens is 2. The minimum Gasteiger partial charge on any atom is -0.307 e. The van der Waals surface area contributed by atoms with E-state index in [-0.39, 0.29) is 0 Å². The van der Waals surface area contributed by atoms with Gasteiger partial charge in [0.25, 0.3) is 0 Å². The molecule has 3 nitrogen and oxygen atoms in total. The second kappa shape index (κ2) is 6.27. The van der Waals surface area contributed by atoms with Crippen molar-refractivity contribution in [3.05, 3.63) is 18.2 Å². The quantitative estimate of drug-likeness (QED) is 0.838. The maximum absolute atomic E-state index is 12.6. The fourth-order valence-electron chi connectivity index (χ4n) is 2.59. The Kier molecular flexibility index (Phi) is 4.69. The first-order chi connectivity index (χ1) is 8.66. The molecule has 5 heteroatoms. The van der Waals surface area contributed by atoms with Crippen molar-refractivity contribution >= 4 is 0 Å². The van der Waals surface area contributed by atoms with E-state index < -0.39 is 6.55 Å². The summed E-state index contributed by atoms with van der Waals surface area (Å²) < 4.78 is 26.2. The van der Waals surface area contributed by atoms with Gasteiger partial charge in [-0.3, -0.25) is 4.57 Å². The Morgan fingerprint density at radius 3 is 3.00 bits per heavy atom. The van der Waals surface area contributed by atoms with Gasteiger partial charge in [-0.15, -0.1) is 0 Å². The number of alkyl halides is 2. The monoisotopic (exact) mass is 257 g/mol. The molecule has 0 spiro atoms. The van der Waals surface area contributed by atoms with Crippen molar-refractivity contribution in [3.63, 3.8) is 0 Å². The van der Waals surface area contributed by atoms with Gasteiger partial charge >= 0.3 is 6.55 Å². The first-order valence-corrected chi connectivity index (χ1v) is 6.70. The van der Waals surface area contributed by atoms with Crippen LogP contribution in [0.15, 0.2) is 12.4 Å². The third kappa shape index (κ3) is 3.51. The second-order valence-corrected chi connectivity index (χ2v) is 5.22. The minimum atomic E-state index is -2.50. The molecule has 0 amide bonds. The van der Waals surface area contributed by atoms with Crippen molar-refractivity contribution in [1.82, 2.24) is 14.9 Å². The molecule has 1 aliphatic carbocycles. The van der Waals surface area contributed by atoms with Crippen molar-refractivity contribution in [2.75, 3.05) is 0 Å². The molecular weight excluding hydrogens is 236 g/mol. The van der Waals surface area contributed by atoms with Crippen LogP contribution in [0.4, 0.5) is 8.78 Å². The summed E-state index contributed by atoms with van der Waals surface area (Å²) in [6, 6.07) is 0.442. The lowest BCUT2D eigenvalue weighted by atomic mass is 10.0. The number of hydrogen-bond acceptors (Lipinski definition) is 2. The number of halogens is 2. The molecule has 1 N–H and O–H groups in total. The van der Waals surface area contributed by atoms with Gasteiger partial charge in [0.1, 0.15) is 5.82 Å². The highest BCUT2D eigenvalue weighted by Gasteiger charge is 2.17. The van der Waals surface area contributed by atoms with E-state index >= 15 is 0 Å². The lowest BCUT2D eigenvalue weighted by Crippen LogP contribution is -2.29. The van der Waals surface area contributed by atoms with Crippen LogP contribution in [0, 0.1) is 5.92 Å². The molecule has 102 valence electrons. The van der Waals surface area contributed by atoms with E-state index in [4.69, 9.17) is 0 Å². The Bertz CT molecular complexity index is 365. The standard InChI is InChI=1S/C13H21F2N3/c1-10-3-2-4-11(6-5-10)17-9-12-16-7-8-18(12)13(14)15/h7-8,10-11,13,17H,2-6,9H2,1H3. The third-order valence-electron chi connectivity index (χ3n) is 3.77. The summed E-state index contributed by atoms with van der Waals surface area (Å²) in [4.78, 5) is 3.98. The van der Waals surface area contributed by atoms with E-state index in [2.05, 4.69) is 17.2 Å². The smallest absolute Gasteiger partial charge is 0.307 e. The molecule has 2 atom stereocenters. The lowest BCUT2D eigenvalue weighted by Gasteiger charge is -2.16. The molecule has 1 saturated carbocycles. The van der Waals surface area contributed by atoms with Crippen LogP contribution in [-0.4, -0.2) is 15.6 Å². The summed E-state index contributed by atoms with van der Waals surface area (Å²) in [5, 5.41) is 3.36. The lowest BCUT2D eigenvalue weighted by molar-refractivity contribution is 0.0664. The predicted octanol–water partition coefficient (Wildman–Crippen LogP) is 3.34. The third-order valence-corrected chi connectivity index (χ3v) is 3.77. The highest BCUT2D eigenvalue weighted by Crippen LogP contribution is 2.23. The van der Waals surface area contributed by atoms with Gasteiger partial charge in [-0.2, -0.15) is 8.78 Å². The zero-order valence-corrected chi connectivity index (χ0v) is 10.8. The highest BCUT2D eigenvalue weighted by atomic mass is 19.3. The summed E-state index contributed by atoms with van der Waals surface area (Å²) in [6.45, 7) is 0.209. The molecule has 1 fully saturated rings. The van der Waals surface area contributed by atoms with Crippen LogP contribution in [0.3, 0.4) is 0 Å². The Balaban J connectivity index is 1.85. The summed E-state index contributed by atoms with van der Waals surface area (Å²) in [5.74, 6) is 1.21. The summed E-state index contributed by atoms with van der Waals surface area (Å²) in [6.07, 6.45) is 8.76. The van der Waals surface area contributed by atoms with Gasteiger partial charge in [0.15, 0.2) is 0 Å². The molecule has 1 aromatic rings. The molecule has 0 saturated heterocycles. The van der Waals surface area contributed by atoms with Gasteiger partial charge in [-0.1, -0.05) is 19.8 Å². The molecule has 0 radical (unpaired) electrons. The molecule has 2 unspecified atom stereocenters. The number of imidazole rings is 1.